The van der Waals surface area contributed by atoms with E-state index >= 15 is 0 Å². The predicted octanol–water partition coefficient (Wildman–Crippen LogP) is 3.35. The highest BCUT2D eigenvalue weighted by Crippen LogP contribution is 2.30. The molecule has 0 atom stereocenters. The molecular formula is C20H27FN4O3S. The number of ether oxygens (including phenoxy) is 1. The van der Waals surface area contributed by atoms with Gasteiger partial charge in [-0.15, -0.1) is 0 Å². The highest BCUT2D eigenvalue weighted by Gasteiger charge is 2.21. The van der Waals surface area contributed by atoms with Crippen LogP contribution in [0.3, 0.4) is 0 Å². The van der Waals surface area contributed by atoms with E-state index in [9.17, 15) is 12.8 Å². The number of hydrogen-bond acceptors (Lipinski definition) is 5. The molecule has 1 aliphatic carbocycles. The molecule has 0 aliphatic heterocycles. The van der Waals surface area contributed by atoms with Gasteiger partial charge in [-0.05, 0) is 61.3 Å². The zero-order valence-corrected chi connectivity index (χ0v) is 17.7. The Morgan fingerprint density at radius 3 is 2.62 bits per heavy atom. The summed E-state index contributed by atoms with van der Waals surface area (Å²) in [6.07, 6.45) is 9.56. The lowest BCUT2D eigenvalue weighted by Crippen LogP contribution is -2.27. The fourth-order valence-corrected chi connectivity index (χ4v) is 3.94. The normalized spacial score (nSPS) is 19.7. The summed E-state index contributed by atoms with van der Waals surface area (Å²) in [7, 11) is -2.62. The van der Waals surface area contributed by atoms with E-state index < -0.39 is 16.0 Å². The summed E-state index contributed by atoms with van der Waals surface area (Å²) < 4.78 is 48.4. The minimum Gasteiger partial charge on any atom is -0.489 e. The van der Waals surface area contributed by atoms with Crippen LogP contribution in [0.1, 0.15) is 49.3 Å². The summed E-state index contributed by atoms with van der Waals surface area (Å²) >= 11 is 0. The van der Waals surface area contributed by atoms with Gasteiger partial charge in [-0.25, -0.2) is 14.1 Å². The van der Waals surface area contributed by atoms with Crippen molar-refractivity contribution in [1.82, 2.24) is 14.7 Å². The number of nitrogens with one attached hydrogen (secondary N) is 2. The maximum atomic E-state index is 14.8. The molecule has 1 fully saturated rings. The quantitative estimate of drug-likeness (QED) is 0.714. The van der Waals surface area contributed by atoms with E-state index in [0.29, 0.717) is 11.3 Å². The van der Waals surface area contributed by atoms with Gasteiger partial charge in [0.05, 0.1) is 12.3 Å². The Balaban J connectivity index is 1.79. The second-order valence-corrected chi connectivity index (χ2v) is 9.16. The minimum absolute atomic E-state index is 0.183. The second kappa shape index (κ2) is 9.04. The molecule has 0 saturated heterocycles. The summed E-state index contributed by atoms with van der Waals surface area (Å²) in [5.41, 5.74) is 2.05. The van der Waals surface area contributed by atoms with Gasteiger partial charge in [0.25, 0.3) is 10.2 Å². The third-order valence-corrected chi connectivity index (χ3v) is 6.38. The molecule has 3 rings (SSSR count). The van der Waals surface area contributed by atoms with Crippen molar-refractivity contribution in [3.8, 4) is 5.75 Å². The summed E-state index contributed by atoms with van der Waals surface area (Å²) in [4.78, 5) is 8.05. The van der Waals surface area contributed by atoms with Gasteiger partial charge in [0.15, 0.2) is 11.6 Å². The first kappa shape index (κ1) is 21.4. The van der Waals surface area contributed by atoms with E-state index in [4.69, 9.17) is 4.74 Å². The number of nitrogens with zero attached hydrogens (tertiary/aromatic N) is 2. The van der Waals surface area contributed by atoms with Crippen molar-refractivity contribution in [2.75, 3.05) is 11.8 Å². The van der Waals surface area contributed by atoms with Gasteiger partial charge in [-0.2, -0.15) is 8.42 Å². The minimum atomic E-state index is -3.85. The number of anilines is 1. The molecule has 0 bridgehead atoms. The molecule has 1 saturated carbocycles. The van der Waals surface area contributed by atoms with Gasteiger partial charge in [0, 0.05) is 25.9 Å². The van der Waals surface area contributed by atoms with Crippen LogP contribution >= 0.6 is 0 Å². The molecule has 1 aliphatic rings. The largest absolute Gasteiger partial charge is 0.489 e. The smallest absolute Gasteiger partial charge is 0.300 e. The van der Waals surface area contributed by atoms with Crippen LogP contribution in [0.4, 0.5) is 10.2 Å². The van der Waals surface area contributed by atoms with E-state index in [2.05, 4.69) is 26.3 Å². The molecule has 2 N–H and O–H groups in total. The first-order valence-electron chi connectivity index (χ1n) is 9.74. The highest BCUT2D eigenvalue weighted by molar-refractivity contribution is 7.90. The van der Waals surface area contributed by atoms with Gasteiger partial charge >= 0.3 is 0 Å². The molecule has 0 aromatic carbocycles. The Kier molecular flexibility index (Phi) is 6.69. The Hall–Kier alpha value is -2.26. The predicted molar refractivity (Wildman–Crippen MR) is 110 cm³/mol. The van der Waals surface area contributed by atoms with Crippen LogP contribution in [-0.4, -0.2) is 31.5 Å². The fourth-order valence-electron chi connectivity index (χ4n) is 3.45. The van der Waals surface area contributed by atoms with Gasteiger partial charge in [-0.3, -0.25) is 9.71 Å². The third kappa shape index (κ3) is 5.42. The Bertz CT molecular complexity index is 960. The van der Waals surface area contributed by atoms with Crippen molar-refractivity contribution < 1.29 is 17.5 Å². The van der Waals surface area contributed by atoms with Crippen LogP contribution in [-0.2, 0) is 16.6 Å². The summed E-state index contributed by atoms with van der Waals surface area (Å²) in [6, 6.07) is 1.53. The Labute approximate surface area is 171 Å². The summed E-state index contributed by atoms with van der Waals surface area (Å²) in [5, 5.41) is 0. The SMILES string of the molecule is CNS(=O)(=O)Nc1nccc(Cc2cncc(O[C@H]3CC[C@@H](C)CC3)c2C)c1F. The van der Waals surface area contributed by atoms with Crippen molar-refractivity contribution in [2.45, 2.75) is 52.1 Å². The number of pyridine rings is 2. The molecule has 7 nitrogen and oxygen atoms in total. The molecule has 158 valence electrons. The molecular weight excluding hydrogens is 395 g/mol. The topological polar surface area (TPSA) is 93.2 Å². The van der Waals surface area contributed by atoms with Crippen LogP contribution in [0.2, 0.25) is 0 Å². The molecule has 0 unspecified atom stereocenters. The Morgan fingerprint density at radius 2 is 1.93 bits per heavy atom. The molecule has 2 heterocycles. The van der Waals surface area contributed by atoms with Crippen LogP contribution in [0.5, 0.6) is 5.75 Å². The lowest BCUT2D eigenvalue weighted by Gasteiger charge is -2.27. The average molecular weight is 423 g/mol. The van der Waals surface area contributed by atoms with Crippen LogP contribution in [0.25, 0.3) is 0 Å². The maximum Gasteiger partial charge on any atom is 0.300 e. The van der Waals surface area contributed by atoms with Crippen molar-refractivity contribution in [3.05, 3.63) is 47.2 Å². The number of aromatic nitrogens is 2. The summed E-state index contributed by atoms with van der Waals surface area (Å²) in [6.45, 7) is 4.19. The lowest BCUT2D eigenvalue weighted by molar-refractivity contribution is 0.134. The first-order valence-corrected chi connectivity index (χ1v) is 11.2. The van der Waals surface area contributed by atoms with E-state index in [0.717, 1.165) is 42.7 Å². The zero-order valence-electron chi connectivity index (χ0n) is 16.9. The number of rotatable bonds is 7. The van der Waals surface area contributed by atoms with Crippen LogP contribution in [0.15, 0.2) is 24.7 Å². The van der Waals surface area contributed by atoms with E-state index in [1.807, 2.05) is 6.92 Å². The highest BCUT2D eigenvalue weighted by atomic mass is 32.2. The third-order valence-electron chi connectivity index (χ3n) is 5.38. The standard InChI is InChI=1S/C20H27FN4O3S/c1-13-4-6-17(7-5-13)28-18-12-23-11-16(14(18)2)10-15-8-9-24-20(19(15)21)25-29(26,27)22-3/h8-9,11-13,17,22H,4-7,10H2,1-3H3,(H,24,25)/t13-,17+. The van der Waals surface area contributed by atoms with E-state index in [1.54, 1.807) is 12.4 Å². The molecule has 2 aromatic heterocycles. The van der Waals surface area contributed by atoms with Crippen LogP contribution in [0, 0.1) is 18.7 Å². The molecule has 0 spiro atoms. The zero-order chi connectivity index (χ0) is 21.0. The molecule has 0 radical (unpaired) electrons. The monoisotopic (exact) mass is 422 g/mol. The van der Waals surface area contributed by atoms with Crippen molar-refractivity contribution in [2.24, 2.45) is 5.92 Å². The average Bonchev–Trinajstić information content (AvgIpc) is 2.69. The molecule has 29 heavy (non-hydrogen) atoms. The number of hydrogen-bond donors (Lipinski definition) is 2. The maximum absolute atomic E-state index is 14.8. The van der Waals surface area contributed by atoms with E-state index in [-0.39, 0.29) is 18.3 Å². The molecule has 9 heteroatoms. The number of halogens is 1. The van der Waals surface area contributed by atoms with Crippen molar-refractivity contribution >= 4 is 16.0 Å². The fraction of sp³-hybridized carbons (Fsp3) is 0.500. The summed E-state index contributed by atoms with van der Waals surface area (Å²) in [5.74, 6) is 0.404. The van der Waals surface area contributed by atoms with Crippen LogP contribution < -0.4 is 14.2 Å². The Morgan fingerprint density at radius 1 is 1.21 bits per heavy atom. The molecule has 2 aromatic rings. The van der Waals surface area contributed by atoms with Crippen molar-refractivity contribution in [1.29, 1.82) is 0 Å². The van der Waals surface area contributed by atoms with Gasteiger partial charge < -0.3 is 4.74 Å². The van der Waals surface area contributed by atoms with E-state index in [1.165, 1.54) is 19.3 Å². The van der Waals surface area contributed by atoms with Gasteiger partial charge in [0.1, 0.15) is 5.75 Å². The first-order chi connectivity index (χ1) is 13.8. The lowest BCUT2D eigenvalue weighted by atomic mass is 9.89. The van der Waals surface area contributed by atoms with Gasteiger partial charge in [0.2, 0.25) is 0 Å². The van der Waals surface area contributed by atoms with Crippen molar-refractivity contribution in [3.63, 3.8) is 0 Å². The van der Waals surface area contributed by atoms with Gasteiger partial charge in [-0.1, -0.05) is 6.92 Å². The second-order valence-electron chi connectivity index (χ2n) is 7.54. The molecule has 0 amide bonds.